The first-order valence-electron chi connectivity index (χ1n) is 8.10. The van der Waals surface area contributed by atoms with Gasteiger partial charge in [-0.2, -0.15) is 0 Å². The largest absolute Gasteiger partial charge is 0.352 e. The number of rotatable bonds is 5. The third-order valence-electron chi connectivity index (χ3n) is 4.19. The van der Waals surface area contributed by atoms with Crippen LogP contribution in [0.5, 0.6) is 0 Å². The van der Waals surface area contributed by atoms with Crippen LogP contribution in [0.15, 0.2) is 41.8 Å². The molecule has 6 heteroatoms. The van der Waals surface area contributed by atoms with E-state index in [1.807, 2.05) is 41.9 Å². The zero-order chi connectivity index (χ0) is 16.1. The van der Waals surface area contributed by atoms with E-state index in [-0.39, 0.29) is 11.2 Å². The molecule has 1 saturated carbocycles. The van der Waals surface area contributed by atoms with E-state index in [9.17, 15) is 4.79 Å². The van der Waals surface area contributed by atoms with Gasteiger partial charge in [0, 0.05) is 13.1 Å². The molecule has 1 aliphatic carbocycles. The number of hydrogen-bond donors (Lipinski definition) is 1. The second-order valence-electron chi connectivity index (χ2n) is 5.98. The van der Waals surface area contributed by atoms with Crippen molar-refractivity contribution in [3.63, 3.8) is 0 Å². The number of aromatic nitrogens is 3. The van der Waals surface area contributed by atoms with Crippen LogP contribution in [0.25, 0.3) is 0 Å². The Kier molecular flexibility index (Phi) is 5.33. The number of carbonyl (C=O) groups is 1. The standard InChI is InChI=1S/C17H22N4OS/c1-21-12-18-20-17(21)23-15(13-8-4-2-5-9-13)16(22)19-14-10-6-3-7-11-14/h2,4-5,8-9,12,14-15H,3,6-7,10-11H2,1H3,(H,19,22). The molecule has 1 heterocycles. The van der Waals surface area contributed by atoms with Gasteiger partial charge in [-0.15, -0.1) is 10.2 Å². The fourth-order valence-corrected chi connectivity index (χ4v) is 3.90. The van der Waals surface area contributed by atoms with Gasteiger partial charge in [0.15, 0.2) is 5.16 Å². The van der Waals surface area contributed by atoms with Crippen LogP contribution in [-0.2, 0) is 11.8 Å². The average Bonchev–Trinajstić information content (AvgIpc) is 2.99. The molecular weight excluding hydrogens is 308 g/mol. The van der Waals surface area contributed by atoms with E-state index in [2.05, 4.69) is 15.5 Å². The summed E-state index contributed by atoms with van der Waals surface area (Å²) in [4.78, 5) is 12.9. The smallest absolute Gasteiger partial charge is 0.238 e. The molecule has 1 fully saturated rings. The average molecular weight is 330 g/mol. The van der Waals surface area contributed by atoms with Crippen molar-refractivity contribution in [3.05, 3.63) is 42.2 Å². The maximum atomic E-state index is 12.9. The van der Waals surface area contributed by atoms with Crippen LogP contribution in [-0.4, -0.2) is 26.7 Å². The van der Waals surface area contributed by atoms with E-state index in [1.54, 1.807) is 6.33 Å². The lowest BCUT2D eigenvalue weighted by molar-refractivity contribution is -0.121. The van der Waals surface area contributed by atoms with E-state index in [1.165, 1.54) is 31.0 Å². The Morgan fingerprint density at radius 2 is 2.00 bits per heavy atom. The van der Waals surface area contributed by atoms with Gasteiger partial charge in [-0.3, -0.25) is 4.79 Å². The van der Waals surface area contributed by atoms with Crippen molar-refractivity contribution in [2.24, 2.45) is 7.05 Å². The molecule has 0 saturated heterocycles. The van der Waals surface area contributed by atoms with Crippen LogP contribution in [0, 0.1) is 0 Å². The molecule has 2 aromatic rings. The molecule has 3 rings (SSSR count). The number of amides is 1. The van der Waals surface area contributed by atoms with Gasteiger partial charge in [-0.25, -0.2) is 0 Å². The molecule has 0 radical (unpaired) electrons. The Morgan fingerprint density at radius 1 is 1.26 bits per heavy atom. The summed E-state index contributed by atoms with van der Waals surface area (Å²) >= 11 is 1.45. The maximum Gasteiger partial charge on any atom is 0.238 e. The van der Waals surface area contributed by atoms with Crippen LogP contribution in [0.4, 0.5) is 0 Å². The lowest BCUT2D eigenvalue weighted by Gasteiger charge is -2.25. The highest BCUT2D eigenvalue weighted by atomic mass is 32.2. The molecule has 122 valence electrons. The monoisotopic (exact) mass is 330 g/mol. The fourth-order valence-electron chi connectivity index (χ4n) is 2.91. The minimum absolute atomic E-state index is 0.0658. The second kappa shape index (κ2) is 7.64. The highest BCUT2D eigenvalue weighted by Crippen LogP contribution is 2.34. The molecule has 5 nitrogen and oxygen atoms in total. The summed E-state index contributed by atoms with van der Waals surface area (Å²) in [6.07, 6.45) is 7.52. The number of carbonyl (C=O) groups excluding carboxylic acids is 1. The molecule has 1 atom stereocenters. The number of hydrogen-bond acceptors (Lipinski definition) is 4. The van der Waals surface area contributed by atoms with Crippen LogP contribution in [0.1, 0.15) is 42.9 Å². The number of benzene rings is 1. The molecule has 0 bridgehead atoms. The van der Waals surface area contributed by atoms with Gasteiger partial charge in [0.2, 0.25) is 5.91 Å². The lowest BCUT2D eigenvalue weighted by atomic mass is 9.95. The van der Waals surface area contributed by atoms with E-state index in [4.69, 9.17) is 0 Å². The van der Waals surface area contributed by atoms with E-state index in [0.717, 1.165) is 23.6 Å². The van der Waals surface area contributed by atoms with Gasteiger partial charge in [0.1, 0.15) is 11.6 Å². The van der Waals surface area contributed by atoms with Crippen LogP contribution >= 0.6 is 11.8 Å². The van der Waals surface area contributed by atoms with Gasteiger partial charge in [0.25, 0.3) is 0 Å². The lowest BCUT2D eigenvalue weighted by Crippen LogP contribution is -2.38. The summed E-state index contributed by atoms with van der Waals surface area (Å²) in [5.41, 5.74) is 0.994. The summed E-state index contributed by atoms with van der Waals surface area (Å²) in [7, 11) is 1.89. The first kappa shape index (κ1) is 16.1. The van der Waals surface area contributed by atoms with E-state index < -0.39 is 0 Å². The predicted molar refractivity (Wildman–Crippen MR) is 91.1 cm³/mol. The van der Waals surface area contributed by atoms with Crippen LogP contribution in [0.3, 0.4) is 0 Å². The molecule has 1 N–H and O–H groups in total. The topological polar surface area (TPSA) is 59.8 Å². The highest BCUT2D eigenvalue weighted by molar-refractivity contribution is 8.00. The zero-order valence-corrected chi connectivity index (χ0v) is 14.1. The van der Waals surface area contributed by atoms with Gasteiger partial charge in [-0.05, 0) is 18.4 Å². The minimum Gasteiger partial charge on any atom is -0.352 e. The normalized spacial score (nSPS) is 16.9. The number of nitrogens with one attached hydrogen (secondary N) is 1. The zero-order valence-electron chi connectivity index (χ0n) is 13.3. The molecule has 0 spiro atoms. The molecule has 1 aliphatic rings. The summed E-state index contributed by atoms with van der Waals surface area (Å²) in [6.45, 7) is 0. The molecule has 0 aliphatic heterocycles. The maximum absolute atomic E-state index is 12.9. The SMILES string of the molecule is Cn1cnnc1SC(C(=O)NC1CCCCC1)c1ccccc1. The molecule has 1 unspecified atom stereocenters. The van der Waals surface area contributed by atoms with E-state index in [0.29, 0.717) is 6.04 Å². The highest BCUT2D eigenvalue weighted by Gasteiger charge is 2.26. The Balaban J connectivity index is 1.76. The molecule has 1 aromatic heterocycles. The molecular formula is C17H22N4OS. The Bertz CT molecular complexity index is 637. The Hall–Kier alpha value is -1.82. The van der Waals surface area contributed by atoms with Crippen LogP contribution in [0.2, 0.25) is 0 Å². The van der Waals surface area contributed by atoms with Gasteiger partial charge in [0.05, 0.1) is 0 Å². The van der Waals surface area contributed by atoms with Crippen molar-refractivity contribution in [2.45, 2.75) is 48.6 Å². The van der Waals surface area contributed by atoms with Crippen LogP contribution < -0.4 is 5.32 Å². The molecule has 1 aromatic carbocycles. The van der Waals surface area contributed by atoms with Gasteiger partial charge in [-0.1, -0.05) is 61.4 Å². The summed E-state index contributed by atoms with van der Waals surface area (Å²) < 4.78 is 1.84. The number of nitrogens with zero attached hydrogens (tertiary/aromatic N) is 3. The third kappa shape index (κ3) is 4.13. The van der Waals surface area contributed by atoms with Gasteiger partial charge < -0.3 is 9.88 Å². The summed E-state index contributed by atoms with van der Waals surface area (Å²) in [5, 5.41) is 11.7. The number of thioether (sulfide) groups is 1. The van der Waals surface area contributed by atoms with Crippen molar-refractivity contribution in [1.29, 1.82) is 0 Å². The first-order chi connectivity index (χ1) is 11.2. The summed E-state index contributed by atoms with van der Waals surface area (Å²) in [6, 6.07) is 10.2. The second-order valence-corrected chi connectivity index (χ2v) is 7.05. The Labute approximate surface area is 140 Å². The number of aryl methyl sites for hydroxylation is 1. The molecule has 23 heavy (non-hydrogen) atoms. The summed E-state index contributed by atoms with van der Waals surface area (Å²) in [5.74, 6) is 0.0658. The van der Waals surface area contributed by atoms with Gasteiger partial charge >= 0.3 is 0 Å². The quantitative estimate of drug-likeness (QED) is 0.856. The van der Waals surface area contributed by atoms with Crippen molar-refractivity contribution >= 4 is 17.7 Å². The van der Waals surface area contributed by atoms with Crippen molar-refractivity contribution in [2.75, 3.05) is 0 Å². The van der Waals surface area contributed by atoms with Crippen molar-refractivity contribution < 1.29 is 4.79 Å². The third-order valence-corrected chi connectivity index (χ3v) is 5.49. The Morgan fingerprint density at radius 3 is 2.65 bits per heavy atom. The first-order valence-corrected chi connectivity index (χ1v) is 8.98. The predicted octanol–water partition coefficient (Wildman–Crippen LogP) is 3.10. The van der Waals surface area contributed by atoms with Crippen molar-refractivity contribution in [3.8, 4) is 0 Å². The minimum atomic E-state index is -0.305. The fraction of sp³-hybridized carbons (Fsp3) is 0.471. The van der Waals surface area contributed by atoms with Crippen molar-refractivity contribution in [1.82, 2.24) is 20.1 Å². The molecule has 1 amide bonds. The van der Waals surface area contributed by atoms with E-state index >= 15 is 0 Å².